The third kappa shape index (κ3) is 7.14. The standard InChI is InChI=1S/C15H17NO7S/c1-2-22-13(19)14(20)24-9-11(12(17)18)16-15(21)23-8-10-6-4-3-5-7-10/h3-7,11H,2,8-9H2,1H3,(H,16,21)(H,17,18)/t11-/m1/s1. The zero-order chi connectivity index (χ0) is 17.9. The first-order valence-corrected chi connectivity index (χ1v) is 7.96. The summed E-state index contributed by atoms with van der Waals surface area (Å²) in [7, 11) is 0. The second-order valence-electron chi connectivity index (χ2n) is 4.42. The van der Waals surface area contributed by atoms with E-state index in [-0.39, 0.29) is 19.0 Å². The van der Waals surface area contributed by atoms with E-state index in [4.69, 9.17) is 9.84 Å². The Balaban J connectivity index is 2.44. The summed E-state index contributed by atoms with van der Waals surface area (Å²) in [5, 5.41) is 10.3. The minimum atomic E-state index is -1.38. The minimum Gasteiger partial charge on any atom is -0.480 e. The zero-order valence-corrected chi connectivity index (χ0v) is 13.7. The van der Waals surface area contributed by atoms with Crippen LogP contribution < -0.4 is 5.32 Å². The molecule has 0 heterocycles. The Morgan fingerprint density at radius 3 is 2.42 bits per heavy atom. The van der Waals surface area contributed by atoms with Crippen LogP contribution in [0.1, 0.15) is 12.5 Å². The number of rotatable bonds is 7. The lowest BCUT2D eigenvalue weighted by atomic mass is 10.2. The molecule has 0 aliphatic heterocycles. The lowest BCUT2D eigenvalue weighted by Crippen LogP contribution is -2.43. The molecular weight excluding hydrogens is 338 g/mol. The molecule has 0 aliphatic rings. The van der Waals surface area contributed by atoms with Gasteiger partial charge >= 0.3 is 18.0 Å². The molecule has 0 saturated carbocycles. The van der Waals surface area contributed by atoms with Gasteiger partial charge in [-0.1, -0.05) is 42.1 Å². The Bertz CT molecular complexity index is 591. The van der Waals surface area contributed by atoms with Crippen LogP contribution >= 0.6 is 11.8 Å². The van der Waals surface area contributed by atoms with Gasteiger partial charge in [0.2, 0.25) is 0 Å². The number of ether oxygens (including phenoxy) is 2. The van der Waals surface area contributed by atoms with E-state index >= 15 is 0 Å². The van der Waals surface area contributed by atoms with E-state index in [2.05, 4.69) is 10.1 Å². The van der Waals surface area contributed by atoms with Gasteiger partial charge in [-0.2, -0.15) is 0 Å². The van der Waals surface area contributed by atoms with Crippen molar-refractivity contribution in [2.75, 3.05) is 12.4 Å². The summed E-state index contributed by atoms with van der Waals surface area (Å²) in [6.45, 7) is 1.56. The van der Waals surface area contributed by atoms with Gasteiger partial charge in [0.05, 0.1) is 6.61 Å². The molecular formula is C15H17NO7S. The number of esters is 1. The van der Waals surface area contributed by atoms with Crippen molar-refractivity contribution in [3.63, 3.8) is 0 Å². The molecule has 9 heteroatoms. The van der Waals surface area contributed by atoms with Gasteiger partial charge in [-0.05, 0) is 12.5 Å². The fourth-order valence-electron chi connectivity index (χ4n) is 1.49. The zero-order valence-electron chi connectivity index (χ0n) is 12.9. The molecule has 130 valence electrons. The highest BCUT2D eigenvalue weighted by Crippen LogP contribution is 2.07. The molecule has 1 aromatic rings. The third-order valence-corrected chi connectivity index (χ3v) is 3.55. The number of hydrogen-bond acceptors (Lipinski definition) is 7. The van der Waals surface area contributed by atoms with E-state index < -0.39 is 29.2 Å². The van der Waals surface area contributed by atoms with Crippen LogP contribution in [0.25, 0.3) is 0 Å². The highest BCUT2D eigenvalue weighted by Gasteiger charge is 2.24. The number of aliphatic carboxylic acids is 1. The van der Waals surface area contributed by atoms with Gasteiger partial charge in [-0.3, -0.25) is 4.79 Å². The second-order valence-corrected chi connectivity index (χ2v) is 5.41. The Kier molecular flexibility index (Phi) is 8.34. The van der Waals surface area contributed by atoms with E-state index in [9.17, 15) is 19.2 Å². The van der Waals surface area contributed by atoms with Gasteiger partial charge in [0.1, 0.15) is 12.6 Å². The molecule has 1 amide bonds. The predicted molar refractivity (Wildman–Crippen MR) is 85.3 cm³/mol. The molecule has 0 bridgehead atoms. The van der Waals surface area contributed by atoms with Crippen LogP contribution in [0.15, 0.2) is 30.3 Å². The van der Waals surface area contributed by atoms with Crippen LogP contribution in [0.5, 0.6) is 0 Å². The van der Waals surface area contributed by atoms with Crippen LogP contribution in [0.2, 0.25) is 0 Å². The predicted octanol–water partition coefficient (Wildman–Crippen LogP) is 1.19. The van der Waals surface area contributed by atoms with Crippen molar-refractivity contribution < 1.29 is 33.8 Å². The first-order chi connectivity index (χ1) is 11.4. The Morgan fingerprint density at radius 1 is 1.17 bits per heavy atom. The number of thioether (sulfide) groups is 1. The first kappa shape index (κ1) is 19.5. The topological polar surface area (TPSA) is 119 Å². The van der Waals surface area contributed by atoms with Crippen LogP contribution in [0, 0.1) is 0 Å². The van der Waals surface area contributed by atoms with Crippen molar-refractivity contribution in [2.45, 2.75) is 19.6 Å². The van der Waals surface area contributed by atoms with Gasteiger partial charge in [0.25, 0.3) is 5.12 Å². The van der Waals surface area contributed by atoms with Gasteiger partial charge < -0.3 is 19.9 Å². The van der Waals surface area contributed by atoms with Crippen molar-refractivity contribution in [3.8, 4) is 0 Å². The third-order valence-electron chi connectivity index (χ3n) is 2.63. The fraction of sp³-hybridized carbons (Fsp3) is 0.333. The van der Waals surface area contributed by atoms with E-state index in [0.717, 1.165) is 5.56 Å². The summed E-state index contributed by atoms with van der Waals surface area (Å²) in [6.07, 6.45) is -0.935. The largest absolute Gasteiger partial charge is 0.480 e. The molecule has 0 spiro atoms. The highest BCUT2D eigenvalue weighted by atomic mass is 32.2. The lowest BCUT2D eigenvalue weighted by Gasteiger charge is -2.13. The van der Waals surface area contributed by atoms with E-state index in [0.29, 0.717) is 11.8 Å². The second kappa shape index (κ2) is 10.3. The minimum absolute atomic E-state index is 0.0199. The van der Waals surface area contributed by atoms with Crippen molar-refractivity contribution in [1.29, 1.82) is 0 Å². The molecule has 0 radical (unpaired) electrons. The summed E-state index contributed by atoms with van der Waals surface area (Å²) >= 11 is 0.453. The van der Waals surface area contributed by atoms with Gasteiger partial charge in [0.15, 0.2) is 0 Å². The summed E-state index contributed by atoms with van der Waals surface area (Å²) in [5.41, 5.74) is 0.742. The Labute approximate surface area is 142 Å². The highest BCUT2D eigenvalue weighted by molar-refractivity contribution is 8.15. The molecule has 0 saturated heterocycles. The maximum Gasteiger partial charge on any atom is 0.408 e. The quantitative estimate of drug-likeness (QED) is 0.553. The number of carboxylic acids is 1. The molecule has 0 fully saturated rings. The molecule has 8 nitrogen and oxygen atoms in total. The summed E-state index contributed by atoms with van der Waals surface area (Å²) in [5.74, 6) is -2.73. The smallest absolute Gasteiger partial charge is 0.408 e. The maximum absolute atomic E-state index is 11.6. The van der Waals surface area contributed by atoms with Crippen LogP contribution in [-0.2, 0) is 30.5 Å². The molecule has 0 aromatic heterocycles. The summed E-state index contributed by atoms with van der Waals surface area (Å²) in [4.78, 5) is 45.3. The SMILES string of the molecule is CCOC(=O)C(=O)SC[C@@H](NC(=O)OCc1ccccc1)C(=O)O. The van der Waals surface area contributed by atoms with Crippen LogP contribution in [-0.4, -0.2) is 46.7 Å². The maximum atomic E-state index is 11.6. The van der Waals surface area contributed by atoms with Crippen molar-refractivity contribution in [2.24, 2.45) is 0 Å². The molecule has 1 aromatic carbocycles. The van der Waals surface area contributed by atoms with E-state index in [1.54, 1.807) is 31.2 Å². The van der Waals surface area contributed by atoms with Crippen molar-refractivity contribution >= 4 is 34.9 Å². The molecule has 0 unspecified atom stereocenters. The summed E-state index contributed by atoms with van der Waals surface area (Å²) < 4.78 is 9.40. The van der Waals surface area contributed by atoms with E-state index in [1.807, 2.05) is 6.07 Å². The Hall–Kier alpha value is -2.55. The monoisotopic (exact) mass is 355 g/mol. The van der Waals surface area contributed by atoms with Crippen molar-refractivity contribution in [3.05, 3.63) is 35.9 Å². The molecule has 0 aliphatic carbocycles. The fourth-order valence-corrected chi connectivity index (χ4v) is 2.21. The molecule has 1 atom stereocenters. The number of benzene rings is 1. The van der Waals surface area contributed by atoms with Crippen LogP contribution in [0.4, 0.5) is 4.79 Å². The molecule has 24 heavy (non-hydrogen) atoms. The number of hydrogen-bond donors (Lipinski definition) is 2. The first-order valence-electron chi connectivity index (χ1n) is 6.98. The lowest BCUT2D eigenvalue weighted by molar-refractivity contribution is -0.149. The van der Waals surface area contributed by atoms with Gasteiger partial charge in [-0.15, -0.1) is 0 Å². The number of amides is 1. The van der Waals surface area contributed by atoms with Crippen LogP contribution in [0.3, 0.4) is 0 Å². The number of carbonyl (C=O) groups excluding carboxylic acids is 3. The van der Waals surface area contributed by atoms with Crippen molar-refractivity contribution in [1.82, 2.24) is 5.32 Å². The van der Waals surface area contributed by atoms with Gasteiger partial charge in [0, 0.05) is 5.75 Å². The van der Waals surface area contributed by atoms with E-state index in [1.165, 1.54) is 0 Å². The average molecular weight is 355 g/mol. The number of carbonyl (C=O) groups is 4. The molecule has 2 N–H and O–H groups in total. The molecule has 1 rings (SSSR count). The Morgan fingerprint density at radius 2 is 1.83 bits per heavy atom. The number of carboxylic acid groups (broad SMARTS) is 1. The average Bonchev–Trinajstić information content (AvgIpc) is 2.57. The normalized spacial score (nSPS) is 11.2. The number of nitrogens with one attached hydrogen (secondary N) is 1. The van der Waals surface area contributed by atoms with Gasteiger partial charge in [-0.25, -0.2) is 14.4 Å². The summed E-state index contributed by atoms with van der Waals surface area (Å²) in [6, 6.07) is 7.47. The number of alkyl carbamates (subject to hydrolysis) is 1.